The second-order valence-electron chi connectivity index (χ2n) is 3.19. The summed E-state index contributed by atoms with van der Waals surface area (Å²) in [6.45, 7) is 1.38. The number of alkyl halides is 3. The highest BCUT2D eigenvalue weighted by atomic mass is 35.5. The molecular weight excluding hydrogens is 229 g/mol. The Balaban J connectivity index is 2.84. The van der Waals surface area contributed by atoms with E-state index in [1.165, 1.54) is 19.2 Å². The molecule has 15 heavy (non-hydrogen) atoms. The average molecular weight is 235 g/mol. The number of aromatic nitrogens is 2. The van der Waals surface area contributed by atoms with Crippen molar-refractivity contribution < 1.29 is 13.2 Å². The normalized spacial score (nSPS) is 12.3. The summed E-state index contributed by atoms with van der Waals surface area (Å²) in [5.74, 6) is 0. The Morgan fingerprint density at radius 2 is 2.07 bits per heavy atom. The highest BCUT2D eigenvalue weighted by Gasteiger charge is 2.35. The van der Waals surface area contributed by atoms with Gasteiger partial charge >= 0.3 is 6.18 Å². The van der Waals surface area contributed by atoms with E-state index in [-0.39, 0.29) is 10.6 Å². The third-order valence-electron chi connectivity index (χ3n) is 2.24. The molecule has 0 aliphatic rings. The zero-order valence-electron chi connectivity index (χ0n) is 7.61. The first-order chi connectivity index (χ1) is 6.91. The number of fused-ring (bicyclic) bond motifs is 1. The van der Waals surface area contributed by atoms with Crippen molar-refractivity contribution in [2.24, 2.45) is 0 Å². The minimum Gasteiger partial charge on any atom is -0.278 e. The zero-order chi connectivity index (χ0) is 11.2. The van der Waals surface area contributed by atoms with Gasteiger partial charge in [-0.2, -0.15) is 18.3 Å². The second-order valence-corrected chi connectivity index (χ2v) is 3.59. The molecule has 6 heteroatoms. The van der Waals surface area contributed by atoms with Crippen LogP contribution in [0.5, 0.6) is 0 Å². The SMILES string of the molecule is Cc1c(C(F)(F)F)c(Cl)cc2[nH]ncc12. The lowest BCUT2D eigenvalue weighted by Gasteiger charge is -2.12. The number of benzene rings is 1. The predicted octanol–water partition coefficient (Wildman–Crippen LogP) is 3.54. The first-order valence-electron chi connectivity index (χ1n) is 4.10. The first-order valence-corrected chi connectivity index (χ1v) is 4.48. The summed E-state index contributed by atoms with van der Waals surface area (Å²) >= 11 is 5.58. The van der Waals surface area contributed by atoms with Gasteiger partial charge in [0.1, 0.15) is 0 Å². The van der Waals surface area contributed by atoms with E-state index in [1.807, 2.05) is 0 Å². The Bertz CT molecular complexity index is 516. The van der Waals surface area contributed by atoms with E-state index in [1.54, 1.807) is 0 Å². The van der Waals surface area contributed by atoms with Gasteiger partial charge in [-0.15, -0.1) is 0 Å². The van der Waals surface area contributed by atoms with Gasteiger partial charge in [-0.3, -0.25) is 5.10 Å². The van der Waals surface area contributed by atoms with E-state index in [0.29, 0.717) is 10.9 Å². The molecule has 2 nitrogen and oxygen atoms in total. The van der Waals surface area contributed by atoms with Crippen LogP contribution in [-0.2, 0) is 6.18 Å². The standard InChI is InChI=1S/C9H6ClF3N2/c1-4-5-3-14-15-7(5)2-6(10)8(4)9(11,12)13/h2-3H,1H3,(H,14,15). The summed E-state index contributed by atoms with van der Waals surface area (Å²) in [6.07, 6.45) is -3.08. The third-order valence-corrected chi connectivity index (χ3v) is 2.54. The molecule has 1 heterocycles. The number of aryl methyl sites for hydroxylation is 1. The summed E-state index contributed by atoms with van der Waals surface area (Å²) in [5.41, 5.74) is -0.192. The van der Waals surface area contributed by atoms with Gasteiger partial charge in [0.2, 0.25) is 0 Å². The first kappa shape index (κ1) is 10.3. The molecule has 80 valence electrons. The highest BCUT2D eigenvalue weighted by molar-refractivity contribution is 6.32. The van der Waals surface area contributed by atoms with Gasteiger partial charge in [0.05, 0.1) is 22.3 Å². The molecular formula is C9H6ClF3N2. The molecule has 0 aliphatic heterocycles. The minimum absolute atomic E-state index is 0.0961. The van der Waals surface area contributed by atoms with Gasteiger partial charge in [0.15, 0.2) is 0 Å². The average Bonchev–Trinajstić information content (AvgIpc) is 2.48. The maximum Gasteiger partial charge on any atom is 0.418 e. The molecule has 1 N–H and O–H groups in total. The fourth-order valence-corrected chi connectivity index (χ4v) is 1.92. The smallest absolute Gasteiger partial charge is 0.278 e. The molecule has 0 unspecified atom stereocenters. The van der Waals surface area contributed by atoms with E-state index in [0.717, 1.165) is 0 Å². The molecule has 1 aromatic heterocycles. The number of H-pyrrole nitrogens is 1. The number of nitrogens with zero attached hydrogens (tertiary/aromatic N) is 1. The Morgan fingerprint density at radius 3 is 2.67 bits per heavy atom. The number of rotatable bonds is 0. The molecule has 0 radical (unpaired) electrons. The Morgan fingerprint density at radius 1 is 1.40 bits per heavy atom. The van der Waals surface area contributed by atoms with Gasteiger partial charge in [-0.05, 0) is 18.6 Å². The summed E-state index contributed by atoms with van der Waals surface area (Å²) in [5, 5.41) is 6.38. The number of hydrogen-bond donors (Lipinski definition) is 1. The molecule has 0 saturated heterocycles. The topological polar surface area (TPSA) is 28.7 Å². The van der Waals surface area contributed by atoms with E-state index in [9.17, 15) is 13.2 Å². The summed E-state index contributed by atoms with van der Waals surface area (Å²) in [7, 11) is 0. The van der Waals surface area contributed by atoms with E-state index < -0.39 is 11.7 Å². The van der Waals surface area contributed by atoms with Crippen LogP contribution in [0.4, 0.5) is 13.2 Å². The van der Waals surface area contributed by atoms with Crippen LogP contribution in [0.3, 0.4) is 0 Å². The minimum atomic E-state index is -4.44. The van der Waals surface area contributed by atoms with Crippen molar-refractivity contribution in [3.8, 4) is 0 Å². The molecule has 1 aromatic carbocycles. The number of halogens is 4. The lowest BCUT2D eigenvalue weighted by molar-refractivity contribution is -0.137. The zero-order valence-corrected chi connectivity index (χ0v) is 8.37. The quantitative estimate of drug-likeness (QED) is 0.742. The Hall–Kier alpha value is -1.23. The summed E-state index contributed by atoms with van der Waals surface area (Å²) < 4.78 is 37.9. The number of nitrogens with one attached hydrogen (secondary N) is 1. The monoisotopic (exact) mass is 234 g/mol. The Labute approximate surface area is 88.0 Å². The molecule has 0 spiro atoms. The lowest BCUT2D eigenvalue weighted by atomic mass is 10.0. The van der Waals surface area contributed by atoms with Crippen LogP contribution in [0, 0.1) is 6.92 Å². The lowest BCUT2D eigenvalue weighted by Crippen LogP contribution is -2.08. The van der Waals surface area contributed by atoms with Crippen LogP contribution < -0.4 is 0 Å². The van der Waals surface area contributed by atoms with E-state index in [2.05, 4.69) is 10.2 Å². The second kappa shape index (κ2) is 3.13. The van der Waals surface area contributed by atoms with Gasteiger partial charge < -0.3 is 0 Å². The molecule has 2 aromatic rings. The fourth-order valence-electron chi connectivity index (χ4n) is 1.57. The van der Waals surface area contributed by atoms with Crippen LogP contribution in [0.25, 0.3) is 10.9 Å². The van der Waals surface area contributed by atoms with Crippen molar-refractivity contribution in [3.05, 3.63) is 28.4 Å². The molecule has 0 atom stereocenters. The third kappa shape index (κ3) is 1.56. The van der Waals surface area contributed by atoms with Crippen molar-refractivity contribution in [2.75, 3.05) is 0 Å². The number of hydrogen-bond acceptors (Lipinski definition) is 1. The van der Waals surface area contributed by atoms with Gasteiger partial charge in [0.25, 0.3) is 0 Å². The van der Waals surface area contributed by atoms with Gasteiger partial charge in [0, 0.05) is 5.39 Å². The van der Waals surface area contributed by atoms with Crippen molar-refractivity contribution in [3.63, 3.8) is 0 Å². The molecule has 0 saturated carbocycles. The molecule has 0 aliphatic carbocycles. The van der Waals surface area contributed by atoms with Crippen LogP contribution in [-0.4, -0.2) is 10.2 Å². The van der Waals surface area contributed by atoms with Crippen molar-refractivity contribution >= 4 is 22.5 Å². The van der Waals surface area contributed by atoms with E-state index >= 15 is 0 Å². The van der Waals surface area contributed by atoms with Crippen molar-refractivity contribution in [1.82, 2.24) is 10.2 Å². The fraction of sp³-hybridized carbons (Fsp3) is 0.222. The van der Waals surface area contributed by atoms with Crippen LogP contribution in [0.1, 0.15) is 11.1 Å². The Kier molecular flexibility index (Phi) is 2.15. The largest absolute Gasteiger partial charge is 0.418 e. The maximum atomic E-state index is 12.6. The molecule has 0 bridgehead atoms. The van der Waals surface area contributed by atoms with Crippen LogP contribution >= 0.6 is 11.6 Å². The summed E-state index contributed by atoms with van der Waals surface area (Å²) in [6, 6.07) is 1.24. The molecule has 0 amide bonds. The maximum absolute atomic E-state index is 12.6. The highest BCUT2D eigenvalue weighted by Crippen LogP contribution is 2.39. The van der Waals surface area contributed by atoms with Crippen molar-refractivity contribution in [1.29, 1.82) is 0 Å². The number of aromatic amines is 1. The van der Waals surface area contributed by atoms with Crippen LogP contribution in [0.2, 0.25) is 5.02 Å². The summed E-state index contributed by atoms with van der Waals surface area (Å²) in [4.78, 5) is 0. The van der Waals surface area contributed by atoms with Crippen molar-refractivity contribution in [2.45, 2.75) is 13.1 Å². The van der Waals surface area contributed by atoms with Gasteiger partial charge in [-0.25, -0.2) is 0 Å². The van der Waals surface area contributed by atoms with Gasteiger partial charge in [-0.1, -0.05) is 11.6 Å². The van der Waals surface area contributed by atoms with E-state index in [4.69, 9.17) is 11.6 Å². The molecule has 2 rings (SSSR count). The van der Waals surface area contributed by atoms with Crippen LogP contribution in [0.15, 0.2) is 12.3 Å². The predicted molar refractivity (Wildman–Crippen MR) is 50.8 cm³/mol. The molecule has 0 fully saturated rings.